The molecule has 8 heteroatoms. The highest BCUT2D eigenvalue weighted by atomic mass is 16.5. The lowest BCUT2D eigenvalue weighted by Gasteiger charge is -2.38. The van der Waals surface area contributed by atoms with E-state index in [9.17, 15) is 4.79 Å². The molecule has 33 heavy (non-hydrogen) atoms. The monoisotopic (exact) mass is 451 g/mol. The summed E-state index contributed by atoms with van der Waals surface area (Å²) in [7, 11) is 4.93. The number of para-hydroxylation sites is 1. The van der Waals surface area contributed by atoms with Crippen LogP contribution < -0.4 is 24.0 Å². The van der Waals surface area contributed by atoms with Gasteiger partial charge in [0.25, 0.3) is 0 Å². The number of hydrogen-bond donors (Lipinski definition) is 0. The van der Waals surface area contributed by atoms with Gasteiger partial charge in [-0.3, -0.25) is 4.98 Å². The minimum atomic E-state index is -0.371. The van der Waals surface area contributed by atoms with Crippen molar-refractivity contribution in [2.24, 2.45) is 0 Å². The Bertz CT molecular complexity index is 1140. The van der Waals surface area contributed by atoms with Crippen LogP contribution in [0.1, 0.15) is 17.3 Å². The Morgan fingerprint density at radius 1 is 0.939 bits per heavy atom. The van der Waals surface area contributed by atoms with Crippen LogP contribution in [0.15, 0.2) is 42.6 Å². The molecule has 3 aromatic rings. The lowest BCUT2D eigenvalue weighted by Crippen LogP contribution is -2.47. The Kier molecular flexibility index (Phi) is 6.72. The van der Waals surface area contributed by atoms with E-state index >= 15 is 0 Å². The molecule has 1 saturated heterocycles. The van der Waals surface area contributed by atoms with Gasteiger partial charge in [0.2, 0.25) is 0 Å². The van der Waals surface area contributed by atoms with Crippen molar-refractivity contribution in [3.05, 3.63) is 48.2 Å². The first-order chi connectivity index (χ1) is 16.1. The molecular formula is C25H29N3O5. The molecule has 2 heterocycles. The highest BCUT2D eigenvalue weighted by Crippen LogP contribution is 2.37. The number of nitrogens with zero attached hydrogens (tertiary/aromatic N) is 3. The Morgan fingerprint density at radius 2 is 1.67 bits per heavy atom. The van der Waals surface area contributed by atoms with Crippen LogP contribution in [0, 0.1) is 0 Å². The normalized spacial score (nSPS) is 13.7. The van der Waals surface area contributed by atoms with E-state index in [1.807, 2.05) is 36.4 Å². The Balaban J connectivity index is 1.67. The average molecular weight is 452 g/mol. The number of rotatable bonds is 7. The second-order valence-electron chi connectivity index (χ2n) is 7.61. The molecule has 0 N–H and O–H groups in total. The van der Waals surface area contributed by atoms with Crippen molar-refractivity contribution < 1.29 is 23.7 Å². The van der Waals surface area contributed by atoms with Gasteiger partial charge in [-0.2, -0.15) is 0 Å². The van der Waals surface area contributed by atoms with E-state index in [1.54, 1.807) is 34.4 Å². The van der Waals surface area contributed by atoms with Gasteiger partial charge in [0.15, 0.2) is 0 Å². The molecule has 0 saturated carbocycles. The quantitative estimate of drug-likeness (QED) is 0.503. The summed E-state index contributed by atoms with van der Waals surface area (Å²) in [5, 5.41) is 0.871. The van der Waals surface area contributed by atoms with Gasteiger partial charge in [-0.25, -0.2) is 4.79 Å². The predicted molar refractivity (Wildman–Crippen MR) is 128 cm³/mol. The van der Waals surface area contributed by atoms with Crippen molar-refractivity contribution in [3.63, 3.8) is 0 Å². The fourth-order valence-electron chi connectivity index (χ4n) is 4.26. The van der Waals surface area contributed by atoms with Crippen LogP contribution in [-0.2, 0) is 4.74 Å². The minimum Gasteiger partial charge on any atom is -0.497 e. The second-order valence-corrected chi connectivity index (χ2v) is 7.61. The summed E-state index contributed by atoms with van der Waals surface area (Å²) in [6.45, 7) is 5.07. The van der Waals surface area contributed by atoms with Gasteiger partial charge in [-0.05, 0) is 25.1 Å². The maximum atomic E-state index is 12.8. The number of ether oxygens (including phenoxy) is 4. The molecule has 0 aliphatic carbocycles. The lowest BCUT2D eigenvalue weighted by atomic mass is 10.1. The first-order valence-electron chi connectivity index (χ1n) is 11.0. The second kappa shape index (κ2) is 9.85. The third-order valence-electron chi connectivity index (χ3n) is 5.87. The van der Waals surface area contributed by atoms with E-state index in [4.69, 9.17) is 18.9 Å². The molecule has 0 radical (unpaired) electrons. The number of aromatic nitrogens is 1. The van der Waals surface area contributed by atoms with E-state index < -0.39 is 0 Å². The van der Waals surface area contributed by atoms with Crippen LogP contribution >= 0.6 is 0 Å². The van der Waals surface area contributed by atoms with Gasteiger partial charge >= 0.3 is 5.97 Å². The summed E-state index contributed by atoms with van der Waals surface area (Å²) in [6, 6.07) is 11.6. The number of anilines is 2. The molecule has 174 valence electrons. The Morgan fingerprint density at radius 3 is 2.33 bits per heavy atom. The van der Waals surface area contributed by atoms with Crippen molar-refractivity contribution in [3.8, 4) is 17.2 Å². The van der Waals surface area contributed by atoms with Crippen molar-refractivity contribution >= 4 is 28.2 Å². The van der Waals surface area contributed by atoms with Crippen molar-refractivity contribution in [2.75, 3.05) is 63.9 Å². The molecule has 1 aromatic heterocycles. The number of hydrogen-bond acceptors (Lipinski definition) is 8. The third kappa shape index (κ3) is 4.33. The van der Waals surface area contributed by atoms with Crippen molar-refractivity contribution in [1.29, 1.82) is 0 Å². The number of pyridine rings is 1. The highest BCUT2D eigenvalue weighted by molar-refractivity contribution is 6.06. The summed E-state index contributed by atoms with van der Waals surface area (Å²) < 4.78 is 21.8. The fourth-order valence-corrected chi connectivity index (χ4v) is 4.26. The van der Waals surface area contributed by atoms with Crippen LogP contribution in [0.4, 0.5) is 11.4 Å². The van der Waals surface area contributed by atoms with Crippen molar-refractivity contribution in [1.82, 2.24) is 4.98 Å². The maximum Gasteiger partial charge on any atom is 0.341 e. The van der Waals surface area contributed by atoms with Gasteiger partial charge < -0.3 is 28.7 Å². The number of carbonyl (C=O) groups is 1. The number of esters is 1. The first-order valence-corrected chi connectivity index (χ1v) is 11.0. The molecule has 1 fully saturated rings. The molecule has 0 atom stereocenters. The molecule has 1 aliphatic rings. The highest BCUT2D eigenvalue weighted by Gasteiger charge is 2.27. The van der Waals surface area contributed by atoms with E-state index in [-0.39, 0.29) is 5.97 Å². The van der Waals surface area contributed by atoms with E-state index in [1.165, 1.54) is 0 Å². The van der Waals surface area contributed by atoms with E-state index in [2.05, 4.69) is 14.8 Å². The van der Waals surface area contributed by atoms with Gasteiger partial charge in [-0.1, -0.05) is 12.1 Å². The summed E-state index contributed by atoms with van der Waals surface area (Å²) in [5.74, 6) is 1.83. The SMILES string of the molecule is CCOC(=O)c1cnc2c(OC)cccc2c1N1CCN(c2ccc(OC)cc2OC)CC1. The molecule has 2 aromatic carbocycles. The van der Waals surface area contributed by atoms with Crippen LogP contribution in [0.2, 0.25) is 0 Å². The smallest absolute Gasteiger partial charge is 0.341 e. The lowest BCUT2D eigenvalue weighted by molar-refractivity contribution is 0.0526. The number of benzene rings is 2. The van der Waals surface area contributed by atoms with Crippen molar-refractivity contribution in [2.45, 2.75) is 6.92 Å². The average Bonchev–Trinajstić information content (AvgIpc) is 2.87. The first kappa shape index (κ1) is 22.5. The van der Waals surface area contributed by atoms with Crippen LogP contribution in [0.5, 0.6) is 17.2 Å². The number of carbonyl (C=O) groups excluding carboxylic acids is 1. The predicted octanol–water partition coefficient (Wildman–Crippen LogP) is 3.76. The van der Waals surface area contributed by atoms with E-state index in [0.29, 0.717) is 17.9 Å². The zero-order valence-electron chi connectivity index (χ0n) is 19.5. The largest absolute Gasteiger partial charge is 0.497 e. The summed E-state index contributed by atoms with van der Waals surface area (Å²) >= 11 is 0. The third-order valence-corrected chi connectivity index (χ3v) is 5.87. The van der Waals surface area contributed by atoms with Crippen LogP contribution in [0.25, 0.3) is 10.9 Å². The number of fused-ring (bicyclic) bond motifs is 1. The summed E-state index contributed by atoms with van der Waals surface area (Å²) in [5.41, 5.74) is 3.04. The molecule has 4 rings (SSSR count). The zero-order chi connectivity index (χ0) is 23.4. The zero-order valence-corrected chi connectivity index (χ0v) is 19.5. The standard InChI is InChI=1S/C25H29N3O5/c1-5-33-25(29)19-16-26-23-18(7-6-8-21(23)31-3)24(19)28-13-11-27(12-14-28)20-10-9-17(30-2)15-22(20)32-4/h6-10,15-16H,5,11-14H2,1-4H3. The molecular weight excluding hydrogens is 422 g/mol. The topological polar surface area (TPSA) is 73.4 Å². The molecule has 0 spiro atoms. The van der Waals surface area contributed by atoms with Gasteiger partial charge in [0.1, 0.15) is 28.3 Å². The van der Waals surface area contributed by atoms with Crippen LogP contribution in [-0.4, -0.2) is 65.1 Å². The van der Waals surface area contributed by atoms with Gasteiger partial charge in [-0.15, -0.1) is 0 Å². The number of piperazine rings is 1. The number of methoxy groups -OCH3 is 3. The summed E-state index contributed by atoms with van der Waals surface area (Å²) in [6.07, 6.45) is 1.59. The minimum absolute atomic E-state index is 0.305. The summed E-state index contributed by atoms with van der Waals surface area (Å²) in [4.78, 5) is 21.8. The van der Waals surface area contributed by atoms with Crippen LogP contribution in [0.3, 0.4) is 0 Å². The Labute approximate surface area is 193 Å². The Hall–Kier alpha value is -3.68. The van der Waals surface area contributed by atoms with Gasteiger partial charge in [0, 0.05) is 43.8 Å². The molecule has 1 aliphatic heterocycles. The van der Waals surface area contributed by atoms with Gasteiger partial charge in [0.05, 0.1) is 39.3 Å². The molecule has 0 bridgehead atoms. The van der Waals surface area contributed by atoms with E-state index in [0.717, 1.165) is 60.0 Å². The molecule has 0 amide bonds. The maximum absolute atomic E-state index is 12.8. The molecule has 0 unspecified atom stereocenters. The fraction of sp³-hybridized carbons (Fsp3) is 0.360. The molecule has 8 nitrogen and oxygen atoms in total.